The molecule has 0 aliphatic rings. The van der Waals surface area contributed by atoms with Gasteiger partial charge in [0.2, 0.25) is 5.91 Å². The lowest BCUT2D eigenvalue weighted by molar-refractivity contribution is -0.115. The minimum atomic E-state index is -0.285. The Morgan fingerprint density at radius 3 is 2.27 bits per heavy atom. The predicted molar refractivity (Wildman–Crippen MR) is 162 cm³/mol. The Kier molecular flexibility index (Phi) is 7.79. The van der Waals surface area contributed by atoms with Crippen LogP contribution in [-0.2, 0) is 4.79 Å². The van der Waals surface area contributed by atoms with E-state index >= 15 is 0 Å². The van der Waals surface area contributed by atoms with Crippen LogP contribution in [0.3, 0.4) is 0 Å². The molecular weight excluding hydrogens is 517 g/mol. The Bertz CT molecular complexity index is 1530. The maximum atomic E-state index is 12.8. The maximum absolute atomic E-state index is 12.8. The van der Waals surface area contributed by atoms with Crippen LogP contribution in [0.25, 0.3) is 22.0 Å². The molecule has 1 amide bonds. The number of anilines is 3. The van der Waals surface area contributed by atoms with E-state index in [1.54, 1.807) is 0 Å². The van der Waals surface area contributed by atoms with Crippen LogP contribution in [0.4, 0.5) is 16.5 Å². The number of aromatic nitrogens is 1. The molecule has 1 unspecified atom stereocenters. The second-order valence-electron chi connectivity index (χ2n) is 8.32. The van der Waals surface area contributed by atoms with Gasteiger partial charge in [0.25, 0.3) is 0 Å². The molecule has 0 bridgehead atoms. The van der Waals surface area contributed by atoms with Crippen LogP contribution in [0.2, 0.25) is 0 Å². The van der Waals surface area contributed by atoms with E-state index < -0.39 is 0 Å². The first-order valence-corrected chi connectivity index (χ1v) is 13.9. The number of para-hydroxylation sites is 1. The molecule has 184 valence electrons. The van der Waals surface area contributed by atoms with E-state index in [9.17, 15) is 4.79 Å². The number of rotatable bonds is 7. The topological polar surface area (TPSA) is 66.0 Å². The molecule has 0 aliphatic heterocycles. The molecule has 4 aromatic carbocycles. The molecule has 5 rings (SSSR count). The molecule has 1 heterocycles. The van der Waals surface area contributed by atoms with Crippen molar-refractivity contribution in [2.45, 2.75) is 17.1 Å². The first-order valence-electron chi connectivity index (χ1n) is 11.7. The first kappa shape index (κ1) is 25.0. The Hall–Kier alpha value is -3.72. The molecule has 5 nitrogen and oxygen atoms in total. The normalized spacial score (nSPS) is 11.6. The van der Waals surface area contributed by atoms with Crippen molar-refractivity contribution in [1.29, 1.82) is 0 Å². The summed E-state index contributed by atoms with van der Waals surface area (Å²) >= 11 is 8.31. The molecule has 5 aromatic rings. The fourth-order valence-corrected chi connectivity index (χ4v) is 5.53. The minimum Gasteiger partial charge on any atom is -0.332 e. The molecule has 8 heteroatoms. The molecule has 0 fully saturated rings. The summed E-state index contributed by atoms with van der Waals surface area (Å²) in [7, 11) is 0. The Balaban J connectivity index is 1.15. The number of nitrogens with one attached hydrogen (secondary N) is 3. The fraction of sp³-hybridized carbons (Fsp3) is 0.0690. The van der Waals surface area contributed by atoms with Crippen molar-refractivity contribution < 1.29 is 4.79 Å². The average molecular weight is 541 g/mol. The molecule has 0 aliphatic carbocycles. The molecule has 3 N–H and O–H groups in total. The van der Waals surface area contributed by atoms with Gasteiger partial charge in [0.05, 0.1) is 10.9 Å². The van der Waals surface area contributed by atoms with Gasteiger partial charge in [-0.1, -0.05) is 54.6 Å². The largest absolute Gasteiger partial charge is 0.332 e. The number of thiocarbonyl (C=S) groups is 1. The van der Waals surface area contributed by atoms with Crippen molar-refractivity contribution in [3.05, 3.63) is 102 Å². The van der Waals surface area contributed by atoms with Gasteiger partial charge in [-0.3, -0.25) is 4.79 Å². The summed E-state index contributed by atoms with van der Waals surface area (Å²) < 4.78 is 0. The van der Waals surface area contributed by atoms with E-state index in [-0.39, 0.29) is 11.2 Å². The van der Waals surface area contributed by atoms with Crippen LogP contribution in [-0.4, -0.2) is 21.3 Å². The van der Waals surface area contributed by atoms with Crippen LogP contribution in [0.1, 0.15) is 6.92 Å². The molecule has 0 radical (unpaired) electrons. The van der Waals surface area contributed by atoms with Gasteiger partial charge in [0.15, 0.2) is 10.2 Å². The Labute approximate surface area is 229 Å². The summed E-state index contributed by atoms with van der Waals surface area (Å²) in [5.41, 5.74) is 3.69. The third-order valence-corrected chi connectivity index (χ3v) is 7.68. The monoisotopic (exact) mass is 540 g/mol. The zero-order valence-corrected chi connectivity index (χ0v) is 22.4. The molecular formula is C29H24N4OS3. The number of hydrogen-bond acceptors (Lipinski definition) is 5. The third-order valence-electron chi connectivity index (χ3n) is 5.61. The zero-order valence-electron chi connectivity index (χ0n) is 20.0. The number of amides is 1. The number of carbonyl (C=O) groups is 1. The van der Waals surface area contributed by atoms with E-state index in [2.05, 4.69) is 51.3 Å². The summed E-state index contributed by atoms with van der Waals surface area (Å²) in [4.78, 5) is 18.4. The Morgan fingerprint density at radius 2 is 1.51 bits per heavy atom. The molecule has 37 heavy (non-hydrogen) atoms. The number of thiazole rings is 1. The highest BCUT2D eigenvalue weighted by Crippen LogP contribution is 2.29. The van der Waals surface area contributed by atoms with Crippen LogP contribution in [0, 0.1) is 0 Å². The molecule has 0 saturated carbocycles. The third kappa shape index (κ3) is 6.54. The van der Waals surface area contributed by atoms with E-state index in [0.717, 1.165) is 27.5 Å². The van der Waals surface area contributed by atoms with Gasteiger partial charge in [0.1, 0.15) is 0 Å². The van der Waals surface area contributed by atoms with Gasteiger partial charge >= 0.3 is 0 Å². The maximum Gasteiger partial charge on any atom is 0.239 e. The van der Waals surface area contributed by atoms with Crippen molar-refractivity contribution in [2.75, 3.05) is 16.0 Å². The summed E-state index contributed by atoms with van der Waals surface area (Å²) in [6, 6.07) is 32.1. The highest BCUT2D eigenvalue weighted by molar-refractivity contribution is 8.00. The fourth-order valence-electron chi connectivity index (χ4n) is 3.71. The van der Waals surface area contributed by atoms with Gasteiger partial charge in [-0.05, 0) is 72.4 Å². The quantitative estimate of drug-likeness (QED) is 0.144. The minimum absolute atomic E-state index is 0.0835. The van der Waals surface area contributed by atoms with E-state index in [1.165, 1.54) is 33.9 Å². The van der Waals surface area contributed by atoms with E-state index in [4.69, 9.17) is 12.2 Å². The van der Waals surface area contributed by atoms with Crippen molar-refractivity contribution in [3.8, 4) is 11.3 Å². The van der Waals surface area contributed by atoms with Gasteiger partial charge in [-0.2, -0.15) is 0 Å². The predicted octanol–water partition coefficient (Wildman–Crippen LogP) is 7.89. The average Bonchev–Trinajstić information content (AvgIpc) is 3.38. The summed E-state index contributed by atoms with van der Waals surface area (Å²) in [5, 5.41) is 14.4. The van der Waals surface area contributed by atoms with Crippen LogP contribution in [0.15, 0.2) is 107 Å². The lowest BCUT2D eigenvalue weighted by Crippen LogP contribution is -2.22. The first-order chi connectivity index (χ1) is 18.0. The van der Waals surface area contributed by atoms with Crippen molar-refractivity contribution >= 4 is 73.6 Å². The molecule has 1 atom stereocenters. The lowest BCUT2D eigenvalue weighted by atomic mass is 10.1. The molecule has 1 aromatic heterocycles. The van der Waals surface area contributed by atoms with Gasteiger partial charge in [-0.25, -0.2) is 4.98 Å². The second kappa shape index (κ2) is 11.6. The highest BCUT2D eigenvalue weighted by Gasteiger charge is 2.16. The zero-order chi connectivity index (χ0) is 25.6. The van der Waals surface area contributed by atoms with Gasteiger partial charge < -0.3 is 16.0 Å². The summed E-state index contributed by atoms with van der Waals surface area (Å²) in [6.45, 7) is 1.89. The summed E-state index contributed by atoms with van der Waals surface area (Å²) in [6.07, 6.45) is 0. The van der Waals surface area contributed by atoms with E-state index in [0.29, 0.717) is 10.2 Å². The summed E-state index contributed by atoms with van der Waals surface area (Å²) in [5.74, 6) is -0.0835. The SMILES string of the molecule is CC(Sc1ccc(NC(=S)Nc2ccccc2)cc1)C(=O)Nc1nc(-c2ccc3ccccc3c2)cs1. The van der Waals surface area contributed by atoms with Crippen molar-refractivity contribution in [3.63, 3.8) is 0 Å². The van der Waals surface area contributed by atoms with Crippen LogP contribution < -0.4 is 16.0 Å². The van der Waals surface area contributed by atoms with E-state index in [1.807, 2.05) is 79.0 Å². The van der Waals surface area contributed by atoms with Crippen LogP contribution in [0.5, 0.6) is 0 Å². The number of hydrogen-bond donors (Lipinski definition) is 3. The molecule has 0 saturated heterocycles. The molecule has 0 spiro atoms. The second-order valence-corrected chi connectivity index (χ2v) is 11.0. The van der Waals surface area contributed by atoms with Gasteiger partial charge in [0, 0.05) is 27.2 Å². The number of benzene rings is 4. The van der Waals surface area contributed by atoms with Crippen LogP contribution >= 0.6 is 35.3 Å². The highest BCUT2D eigenvalue weighted by atomic mass is 32.2. The van der Waals surface area contributed by atoms with Crippen molar-refractivity contribution in [2.24, 2.45) is 0 Å². The lowest BCUT2D eigenvalue weighted by Gasteiger charge is -2.12. The smallest absolute Gasteiger partial charge is 0.239 e. The van der Waals surface area contributed by atoms with Crippen molar-refractivity contribution in [1.82, 2.24) is 4.98 Å². The number of thioether (sulfide) groups is 1. The number of fused-ring (bicyclic) bond motifs is 1. The number of nitrogens with zero attached hydrogens (tertiary/aromatic N) is 1. The standard InChI is InChI=1S/C29H24N4OS3/c1-19(37-25-15-13-24(14-16-25)31-28(35)30-23-9-3-2-4-10-23)27(34)33-29-32-26(18-36-29)22-12-11-20-7-5-6-8-21(20)17-22/h2-19H,1H3,(H2,30,31,35)(H,32,33,34). The van der Waals surface area contributed by atoms with Gasteiger partial charge in [-0.15, -0.1) is 23.1 Å². The Morgan fingerprint density at radius 1 is 0.838 bits per heavy atom. The number of carbonyl (C=O) groups excluding carboxylic acids is 1.